The minimum atomic E-state index is 0.661. The first-order valence-corrected chi connectivity index (χ1v) is 8.37. The van der Waals surface area contributed by atoms with Crippen molar-refractivity contribution in [3.05, 3.63) is 24.3 Å². The molecule has 0 saturated carbocycles. The van der Waals surface area contributed by atoms with Crippen molar-refractivity contribution in [3.8, 4) is 11.5 Å². The van der Waals surface area contributed by atoms with E-state index in [4.69, 9.17) is 9.47 Å². The molecule has 0 spiro atoms. The molecule has 120 valence electrons. The van der Waals surface area contributed by atoms with Crippen LogP contribution in [0.2, 0.25) is 0 Å². The quantitative estimate of drug-likeness (QED) is 0.584. The molecule has 0 fully saturated rings. The zero-order chi connectivity index (χ0) is 15.3. The summed E-state index contributed by atoms with van der Waals surface area (Å²) in [6, 6.07) is 7.85. The smallest absolute Gasteiger partial charge is 0.161 e. The lowest BCUT2D eigenvalue weighted by Gasteiger charge is -2.16. The van der Waals surface area contributed by atoms with Gasteiger partial charge in [-0.05, 0) is 37.9 Å². The zero-order valence-corrected chi connectivity index (χ0v) is 13.9. The molecule has 0 bridgehead atoms. The Morgan fingerprint density at radius 1 is 1.05 bits per heavy atom. The predicted octanol–water partition coefficient (Wildman–Crippen LogP) is 4.27. The molecule has 1 N–H and O–H groups in total. The molecule has 21 heavy (non-hydrogen) atoms. The van der Waals surface area contributed by atoms with Crippen LogP contribution in [0.1, 0.15) is 46.5 Å². The number of unbranched alkanes of at least 4 members (excludes halogenated alkanes) is 1. The molecule has 0 aliphatic heterocycles. The van der Waals surface area contributed by atoms with Crippen molar-refractivity contribution in [3.63, 3.8) is 0 Å². The highest BCUT2D eigenvalue weighted by atomic mass is 16.5. The van der Waals surface area contributed by atoms with Crippen molar-refractivity contribution in [2.45, 2.75) is 46.5 Å². The van der Waals surface area contributed by atoms with E-state index in [-0.39, 0.29) is 0 Å². The Morgan fingerprint density at radius 2 is 1.76 bits per heavy atom. The zero-order valence-electron chi connectivity index (χ0n) is 13.9. The van der Waals surface area contributed by atoms with Crippen LogP contribution in [0.4, 0.5) is 0 Å². The third-order valence-corrected chi connectivity index (χ3v) is 3.66. The highest BCUT2D eigenvalue weighted by Gasteiger charge is 2.06. The van der Waals surface area contributed by atoms with Gasteiger partial charge in [0.2, 0.25) is 0 Å². The van der Waals surface area contributed by atoms with Crippen LogP contribution in [-0.2, 0) is 0 Å². The van der Waals surface area contributed by atoms with Crippen molar-refractivity contribution in [2.24, 2.45) is 5.92 Å². The molecule has 0 amide bonds. The van der Waals surface area contributed by atoms with Crippen molar-refractivity contribution in [1.29, 1.82) is 0 Å². The molecule has 3 nitrogen and oxygen atoms in total. The fraction of sp³-hybridized carbons (Fsp3) is 0.667. The number of hydrogen-bond donors (Lipinski definition) is 1. The number of para-hydroxylation sites is 2. The summed E-state index contributed by atoms with van der Waals surface area (Å²) >= 11 is 0. The number of rotatable bonds is 12. The average molecular weight is 293 g/mol. The Bertz CT molecular complexity index is 368. The van der Waals surface area contributed by atoms with Gasteiger partial charge in [0.1, 0.15) is 6.61 Å². The van der Waals surface area contributed by atoms with Gasteiger partial charge in [-0.15, -0.1) is 0 Å². The summed E-state index contributed by atoms with van der Waals surface area (Å²) in [5, 5.41) is 3.50. The van der Waals surface area contributed by atoms with Crippen molar-refractivity contribution >= 4 is 0 Å². The first-order chi connectivity index (χ1) is 10.3. The van der Waals surface area contributed by atoms with Crippen LogP contribution in [0.15, 0.2) is 24.3 Å². The lowest BCUT2D eigenvalue weighted by Crippen LogP contribution is -2.27. The summed E-state index contributed by atoms with van der Waals surface area (Å²) in [6.07, 6.45) is 5.20. The van der Waals surface area contributed by atoms with Gasteiger partial charge < -0.3 is 14.8 Å². The van der Waals surface area contributed by atoms with E-state index in [9.17, 15) is 0 Å². The van der Waals surface area contributed by atoms with Crippen LogP contribution in [0.5, 0.6) is 11.5 Å². The van der Waals surface area contributed by atoms with Gasteiger partial charge in [-0.1, -0.05) is 45.2 Å². The maximum absolute atomic E-state index is 5.80. The molecule has 1 unspecified atom stereocenters. The molecular weight excluding hydrogens is 262 g/mol. The molecule has 1 rings (SSSR count). The second-order valence-electron chi connectivity index (χ2n) is 5.35. The fourth-order valence-electron chi connectivity index (χ4n) is 2.33. The lowest BCUT2D eigenvalue weighted by molar-refractivity contribution is 0.272. The molecule has 3 heteroatoms. The van der Waals surface area contributed by atoms with Crippen LogP contribution in [0.3, 0.4) is 0 Å². The number of hydrogen-bond acceptors (Lipinski definition) is 3. The first-order valence-electron chi connectivity index (χ1n) is 8.37. The van der Waals surface area contributed by atoms with E-state index >= 15 is 0 Å². The highest BCUT2D eigenvalue weighted by molar-refractivity contribution is 5.39. The van der Waals surface area contributed by atoms with E-state index in [1.165, 1.54) is 25.7 Å². The van der Waals surface area contributed by atoms with Crippen molar-refractivity contribution in [2.75, 3.05) is 26.3 Å². The van der Waals surface area contributed by atoms with Gasteiger partial charge in [0.15, 0.2) is 11.5 Å². The number of benzene rings is 1. The SMILES string of the molecule is CCCCC(CC)CNCCOc1ccccc1OCC. The monoisotopic (exact) mass is 293 g/mol. The average Bonchev–Trinajstić information content (AvgIpc) is 2.52. The molecule has 1 aromatic rings. The number of ether oxygens (including phenoxy) is 2. The summed E-state index contributed by atoms with van der Waals surface area (Å²) < 4.78 is 11.3. The normalized spacial score (nSPS) is 12.1. The van der Waals surface area contributed by atoms with E-state index in [0.717, 1.165) is 30.5 Å². The van der Waals surface area contributed by atoms with Gasteiger partial charge >= 0.3 is 0 Å². The van der Waals surface area contributed by atoms with E-state index in [1.807, 2.05) is 31.2 Å². The van der Waals surface area contributed by atoms with Crippen molar-refractivity contribution < 1.29 is 9.47 Å². The van der Waals surface area contributed by atoms with E-state index < -0.39 is 0 Å². The predicted molar refractivity (Wildman–Crippen MR) is 89.3 cm³/mol. The summed E-state index contributed by atoms with van der Waals surface area (Å²) in [5.74, 6) is 2.45. The Kier molecular flexibility index (Phi) is 9.71. The van der Waals surface area contributed by atoms with Crippen molar-refractivity contribution in [1.82, 2.24) is 5.32 Å². The molecule has 0 heterocycles. The summed E-state index contributed by atoms with van der Waals surface area (Å²) in [4.78, 5) is 0. The fourth-order valence-corrected chi connectivity index (χ4v) is 2.33. The minimum absolute atomic E-state index is 0.661. The van der Waals surface area contributed by atoms with Crippen LogP contribution in [0.25, 0.3) is 0 Å². The lowest BCUT2D eigenvalue weighted by atomic mass is 9.99. The van der Waals surface area contributed by atoms with Gasteiger partial charge in [0.05, 0.1) is 6.61 Å². The molecule has 0 aliphatic carbocycles. The first kappa shape index (κ1) is 17.8. The topological polar surface area (TPSA) is 30.5 Å². The van der Waals surface area contributed by atoms with Crippen LogP contribution < -0.4 is 14.8 Å². The van der Waals surface area contributed by atoms with Crippen LogP contribution in [-0.4, -0.2) is 26.3 Å². The van der Waals surface area contributed by atoms with Gasteiger partial charge in [-0.25, -0.2) is 0 Å². The standard InChI is InChI=1S/C18H31NO2/c1-4-7-10-16(5-2)15-19-13-14-21-18-12-9-8-11-17(18)20-6-3/h8-9,11-12,16,19H,4-7,10,13-15H2,1-3H3. The second-order valence-corrected chi connectivity index (χ2v) is 5.35. The highest BCUT2D eigenvalue weighted by Crippen LogP contribution is 2.26. The molecule has 0 saturated heterocycles. The van der Waals surface area contributed by atoms with Gasteiger partial charge in [-0.3, -0.25) is 0 Å². The Balaban J connectivity index is 2.21. The molecule has 0 radical (unpaired) electrons. The summed E-state index contributed by atoms with van der Waals surface area (Å²) in [6.45, 7) is 9.82. The Morgan fingerprint density at radius 3 is 2.38 bits per heavy atom. The van der Waals surface area contributed by atoms with Crippen LogP contribution >= 0.6 is 0 Å². The molecular formula is C18H31NO2. The molecule has 1 aromatic carbocycles. The van der Waals surface area contributed by atoms with Crippen LogP contribution in [0, 0.1) is 5.92 Å². The van der Waals surface area contributed by atoms with Gasteiger partial charge in [-0.2, -0.15) is 0 Å². The maximum atomic E-state index is 5.80. The third kappa shape index (κ3) is 7.37. The van der Waals surface area contributed by atoms with Gasteiger partial charge in [0, 0.05) is 6.54 Å². The third-order valence-electron chi connectivity index (χ3n) is 3.66. The molecule has 0 aromatic heterocycles. The summed E-state index contributed by atoms with van der Waals surface area (Å²) in [5.41, 5.74) is 0. The summed E-state index contributed by atoms with van der Waals surface area (Å²) in [7, 11) is 0. The van der Waals surface area contributed by atoms with Gasteiger partial charge in [0.25, 0.3) is 0 Å². The Hall–Kier alpha value is -1.22. The molecule has 1 atom stereocenters. The van der Waals surface area contributed by atoms with E-state index in [1.54, 1.807) is 0 Å². The minimum Gasteiger partial charge on any atom is -0.490 e. The molecule has 0 aliphatic rings. The maximum Gasteiger partial charge on any atom is 0.161 e. The second kappa shape index (κ2) is 11.4. The van der Waals surface area contributed by atoms with E-state index in [0.29, 0.717) is 13.2 Å². The largest absolute Gasteiger partial charge is 0.490 e. The number of nitrogens with one attached hydrogen (secondary N) is 1. The van der Waals surface area contributed by atoms with E-state index in [2.05, 4.69) is 19.2 Å². The Labute approximate surface area is 130 Å².